The molecule has 8 heteroatoms. The molecule has 13 heavy (non-hydrogen) atoms. The molecule has 0 saturated carbocycles. The van der Waals surface area contributed by atoms with Crippen molar-refractivity contribution < 1.29 is 31.6 Å². The predicted octanol–water partition coefficient (Wildman–Crippen LogP) is 1.08. The van der Waals surface area contributed by atoms with E-state index in [9.17, 15) is 22.1 Å². The minimum absolute atomic E-state index is 0.181. The van der Waals surface area contributed by atoms with Crippen LogP contribution in [0.3, 0.4) is 0 Å². The molecule has 0 aromatic heterocycles. The lowest BCUT2D eigenvalue weighted by Crippen LogP contribution is -2.39. The number of carbonyl (C=O) groups is 1. The fourth-order valence-electron chi connectivity index (χ4n) is 0.406. The van der Waals surface area contributed by atoms with Gasteiger partial charge in [0.15, 0.2) is 6.54 Å². The van der Waals surface area contributed by atoms with Gasteiger partial charge in [-0.05, 0) is 0 Å². The first kappa shape index (κ1) is 14.7. The standard InChI is InChI=1S/C5H11NO2.BF4/c1-6(2,3)4-5(7)8;2-1(3,4)5/h4H2,1-3H3;/q;-1/p+1. The summed E-state index contributed by atoms with van der Waals surface area (Å²) in [5, 5.41) is 8.23. The molecule has 0 heterocycles. The number of halogens is 4. The predicted molar refractivity (Wildman–Crippen MR) is 40.7 cm³/mol. The molecule has 0 saturated heterocycles. The van der Waals surface area contributed by atoms with E-state index >= 15 is 0 Å². The first-order valence-corrected chi connectivity index (χ1v) is 3.31. The van der Waals surface area contributed by atoms with Gasteiger partial charge in [0.2, 0.25) is 0 Å². The summed E-state index contributed by atoms with van der Waals surface area (Å²) in [5.41, 5.74) is 0. The van der Waals surface area contributed by atoms with Crippen LogP contribution in [0.5, 0.6) is 0 Å². The number of quaternary nitrogens is 1. The maximum Gasteiger partial charge on any atom is 0.673 e. The van der Waals surface area contributed by atoms with Crippen molar-refractivity contribution >= 4 is 13.2 Å². The molecule has 0 radical (unpaired) electrons. The molecule has 0 aromatic carbocycles. The van der Waals surface area contributed by atoms with Gasteiger partial charge < -0.3 is 26.9 Å². The number of likely N-dealkylation sites (N-methyl/N-ethyl adjacent to an activating group) is 1. The van der Waals surface area contributed by atoms with Crippen LogP contribution >= 0.6 is 0 Å². The van der Waals surface area contributed by atoms with Gasteiger partial charge in [-0.25, -0.2) is 4.79 Å². The Balaban J connectivity index is 0. The van der Waals surface area contributed by atoms with Crippen LogP contribution in [-0.4, -0.2) is 50.5 Å². The van der Waals surface area contributed by atoms with Crippen molar-refractivity contribution in [1.82, 2.24) is 0 Å². The number of carboxylic acid groups (broad SMARTS) is 1. The van der Waals surface area contributed by atoms with Gasteiger partial charge in [0.25, 0.3) is 0 Å². The highest BCUT2D eigenvalue weighted by Crippen LogP contribution is 2.06. The minimum atomic E-state index is -6.00. The summed E-state index contributed by atoms with van der Waals surface area (Å²) in [4.78, 5) is 10.00. The molecule has 0 spiro atoms. The molecule has 0 aliphatic heterocycles. The molecule has 0 fully saturated rings. The largest absolute Gasteiger partial charge is 0.673 e. The second kappa shape index (κ2) is 5.06. The summed E-state index contributed by atoms with van der Waals surface area (Å²) in [6, 6.07) is 0. The van der Waals surface area contributed by atoms with Gasteiger partial charge in [-0.15, -0.1) is 0 Å². The van der Waals surface area contributed by atoms with E-state index in [1.165, 1.54) is 0 Å². The van der Waals surface area contributed by atoms with Crippen LogP contribution in [0.2, 0.25) is 0 Å². The number of hydrogen-bond acceptors (Lipinski definition) is 1. The quantitative estimate of drug-likeness (QED) is 0.416. The highest BCUT2D eigenvalue weighted by molar-refractivity contribution is 6.50. The van der Waals surface area contributed by atoms with Crippen LogP contribution in [0.25, 0.3) is 0 Å². The molecule has 0 aliphatic rings. The molecule has 1 N–H and O–H groups in total. The molecular weight excluding hydrogens is 193 g/mol. The van der Waals surface area contributed by atoms with Gasteiger partial charge in [0, 0.05) is 0 Å². The first-order chi connectivity index (χ1) is 5.42. The van der Waals surface area contributed by atoms with E-state index in [1.54, 1.807) is 0 Å². The van der Waals surface area contributed by atoms with Gasteiger partial charge in [0.1, 0.15) is 0 Å². The molecule has 3 nitrogen and oxygen atoms in total. The highest BCUT2D eigenvalue weighted by Gasteiger charge is 2.20. The van der Waals surface area contributed by atoms with E-state index in [-0.39, 0.29) is 6.54 Å². The third-order valence-corrected chi connectivity index (χ3v) is 0.610. The number of hydrogen-bond donors (Lipinski definition) is 1. The van der Waals surface area contributed by atoms with Crippen LogP contribution in [-0.2, 0) is 4.79 Å². The second-order valence-corrected chi connectivity index (χ2v) is 3.34. The summed E-state index contributed by atoms with van der Waals surface area (Å²) in [6.45, 7) is 0.181. The maximum absolute atomic E-state index is 10.00. The van der Waals surface area contributed by atoms with Crippen molar-refractivity contribution in [3.8, 4) is 0 Å². The molecule has 0 atom stereocenters. The van der Waals surface area contributed by atoms with Crippen molar-refractivity contribution in [3.05, 3.63) is 0 Å². The molecular formula is C5H12BF4NO2. The second-order valence-electron chi connectivity index (χ2n) is 3.34. The monoisotopic (exact) mass is 205 g/mol. The topological polar surface area (TPSA) is 37.3 Å². The Bertz CT molecular complexity index is 159. The Kier molecular flexibility index (Phi) is 5.73. The summed E-state index contributed by atoms with van der Waals surface area (Å²) in [7, 11) is -0.476. The van der Waals surface area contributed by atoms with Crippen molar-refractivity contribution in [2.75, 3.05) is 27.7 Å². The van der Waals surface area contributed by atoms with Crippen LogP contribution < -0.4 is 0 Å². The summed E-state index contributed by atoms with van der Waals surface area (Å²) < 4.78 is 39.5. The zero-order valence-corrected chi connectivity index (χ0v) is 7.60. The SMILES string of the molecule is C[N+](C)(C)CC(=O)O.F[B-](F)(F)F. The van der Waals surface area contributed by atoms with Crippen LogP contribution in [0, 0.1) is 0 Å². The van der Waals surface area contributed by atoms with E-state index in [2.05, 4.69) is 0 Å². The van der Waals surface area contributed by atoms with Crippen molar-refractivity contribution in [2.45, 2.75) is 0 Å². The number of nitrogens with zero attached hydrogens (tertiary/aromatic N) is 1. The average molecular weight is 205 g/mol. The minimum Gasteiger partial charge on any atom is -0.477 e. The van der Waals surface area contributed by atoms with Gasteiger partial charge in [-0.2, -0.15) is 0 Å². The lowest BCUT2D eigenvalue weighted by molar-refractivity contribution is -0.862. The summed E-state index contributed by atoms with van der Waals surface area (Å²) in [6.07, 6.45) is 0. The highest BCUT2D eigenvalue weighted by atomic mass is 19.5. The number of carboxylic acids is 1. The fraction of sp³-hybridized carbons (Fsp3) is 0.800. The van der Waals surface area contributed by atoms with Crippen molar-refractivity contribution in [2.24, 2.45) is 0 Å². The Morgan fingerprint density at radius 2 is 1.46 bits per heavy atom. The van der Waals surface area contributed by atoms with Crippen molar-refractivity contribution in [3.63, 3.8) is 0 Å². The average Bonchev–Trinajstić information content (AvgIpc) is 1.47. The maximum atomic E-state index is 10.00. The fourth-order valence-corrected chi connectivity index (χ4v) is 0.406. The Labute approximate surface area is 73.6 Å². The molecule has 80 valence electrons. The lowest BCUT2D eigenvalue weighted by atomic mass is 10.3. The first-order valence-electron chi connectivity index (χ1n) is 3.31. The molecule has 0 bridgehead atoms. The summed E-state index contributed by atoms with van der Waals surface area (Å²) >= 11 is 0. The molecule has 0 amide bonds. The Hall–Kier alpha value is -0.785. The Morgan fingerprint density at radius 1 is 1.23 bits per heavy atom. The van der Waals surface area contributed by atoms with Crippen LogP contribution in [0.4, 0.5) is 17.3 Å². The summed E-state index contributed by atoms with van der Waals surface area (Å²) in [5.74, 6) is -0.752. The Morgan fingerprint density at radius 3 is 1.46 bits per heavy atom. The third-order valence-electron chi connectivity index (χ3n) is 0.610. The normalized spacial score (nSPS) is 11.6. The van der Waals surface area contributed by atoms with E-state index < -0.39 is 13.2 Å². The third kappa shape index (κ3) is 53.6. The van der Waals surface area contributed by atoms with Crippen LogP contribution in [0.1, 0.15) is 0 Å². The smallest absolute Gasteiger partial charge is 0.477 e. The van der Waals surface area contributed by atoms with Gasteiger partial charge in [-0.3, -0.25) is 0 Å². The zero-order valence-electron chi connectivity index (χ0n) is 7.60. The van der Waals surface area contributed by atoms with Crippen molar-refractivity contribution in [1.29, 1.82) is 0 Å². The molecule has 0 unspecified atom stereocenters. The van der Waals surface area contributed by atoms with Gasteiger partial charge >= 0.3 is 13.2 Å². The van der Waals surface area contributed by atoms with E-state index in [0.717, 1.165) is 0 Å². The number of rotatable bonds is 2. The number of aliphatic carboxylic acids is 1. The van der Waals surface area contributed by atoms with Gasteiger partial charge in [0.05, 0.1) is 21.1 Å². The lowest BCUT2D eigenvalue weighted by Gasteiger charge is -2.20. The van der Waals surface area contributed by atoms with E-state index in [1.807, 2.05) is 21.1 Å². The molecule has 0 rings (SSSR count). The molecule has 0 aromatic rings. The van der Waals surface area contributed by atoms with Gasteiger partial charge in [-0.1, -0.05) is 0 Å². The van der Waals surface area contributed by atoms with E-state index in [4.69, 9.17) is 5.11 Å². The molecule has 0 aliphatic carbocycles. The van der Waals surface area contributed by atoms with Crippen LogP contribution in [0.15, 0.2) is 0 Å². The van der Waals surface area contributed by atoms with E-state index in [0.29, 0.717) is 4.48 Å². The zero-order chi connectivity index (χ0) is 11.3.